The molecule has 0 aliphatic heterocycles. The van der Waals surface area contributed by atoms with Crippen LogP contribution in [0.3, 0.4) is 0 Å². The zero-order valence-corrected chi connectivity index (χ0v) is 10.8. The van der Waals surface area contributed by atoms with Gasteiger partial charge in [0.1, 0.15) is 0 Å². The summed E-state index contributed by atoms with van der Waals surface area (Å²) in [5, 5.41) is 8.61. The van der Waals surface area contributed by atoms with Gasteiger partial charge in [-0.2, -0.15) is 0 Å². The van der Waals surface area contributed by atoms with E-state index >= 15 is 0 Å². The van der Waals surface area contributed by atoms with Crippen molar-refractivity contribution in [3.05, 3.63) is 40.4 Å². The van der Waals surface area contributed by atoms with Crippen molar-refractivity contribution in [1.82, 2.24) is 0 Å². The second-order valence-corrected chi connectivity index (χ2v) is 5.95. The Morgan fingerprint density at radius 2 is 1.94 bits per heavy atom. The Morgan fingerprint density at radius 1 is 1.35 bits per heavy atom. The van der Waals surface area contributed by atoms with E-state index in [4.69, 9.17) is 28.3 Å². The minimum atomic E-state index is -3.69. The number of carbonyl (C=O) groups is 1. The molecular weight excluding hydrogens is 287 g/mol. The Morgan fingerprint density at radius 3 is 2.41 bits per heavy atom. The maximum atomic E-state index is 11.7. The van der Waals surface area contributed by atoms with E-state index < -0.39 is 15.8 Å². The van der Waals surface area contributed by atoms with Crippen LogP contribution in [-0.2, 0) is 9.84 Å². The standard InChI is InChI=1S/C10H8Cl2O4S/c1-2-3-17(15,16)9-4-6(10(13)14)7(11)5-8(9)12/h2,4-5H,1,3H2,(H,13,14). The lowest BCUT2D eigenvalue weighted by atomic mass is 10.2. The third kappa shape index (κ3) is 3.00. The average Bonchev–Trinajstić information content (AvgIpc) is 2.15. The van der Waals surface area contributed by atoms with Gasteiger partial charge < -0.3 is 5.11 Å². The lowest BCUT2D eigenvalue weighted by Crippen LogP contribution is -2.08. The fourth-order valence-corrected chi connectivity index (χ4v) is 3.14. The van der Waals surface area contributed by atoms with Gasteiger partial charge in [0.15, 0.2) is 9.84 Å². The third-order valence-corrected chi connectivity index (χ3v) is 4.34. The highest BCUT2D eigenvalue weighted by Gasteiger charge is 2.21. The number of carboxylic acids is 1. The molecule has 0 atom stereocenters. The zero-order valence-electron chi connectivity index (χ0n) is 8.48. The molecule has 0 aliphatic rings. The van der Waals surface area contributed by atoms with Gasteiger partial charge in [0.2, 0.25) is 0 Å². The van der Waals surface area contributed by atoms with Gasteiger partial charge in [-0.1, -0.05) is 29.3 Å². The molecule has 0 spiro atoms. The summed E-state index contributed by atoms with van der Waals surface area (Å²) in [5.41, 5.74) is -0.307. The van der Waals surface area contributed by atoms with E-state index in [1.165, 1.54) is 6.08 Å². The van der Waals surface area contributed by atoms with Crippen LogP contribution < -0.4 is 0 Å². The molecule has 4 nitrogen and oxygen atoms in total. The van der Waals surface area contributed by atoms with Crippen LogP contribution in [0, 0.1) is 0 Å². The first-order valence-corrected chi connectivity index (χ1v) is 6.76. The third-order valence-electron chi connectivity index (χ3n) is 1.92. The molecule has 0 saturated carbocycles. The van der Waals surface area contributed by atoms with Crippen LogP contribution >= 0.6 is 23.2 Å². The van der Waals surface area contributed by atoms with Crippen LogP contribution in [-0.4, -0.2) is 25.2 Å². The Bertz CT molecular complexity index is 578. The summed E-state index contributed by atoms with van der Waals surface area (Å²) in [4.78, 5) is 10.6. The quantitative estimate of drug-likeness (QED) is 0.867. The Labute approximate surface area is 108 Å². The highest BCUT2D eigenvalue weighted by atomic mass is 35.5. The number of hydrogen-bond acceptors (Lipinski definition) is 3. The van der Waals surface area contributed by atoms with Crippen molar-refractivity contribution in [3.63, 3.8) is 0 Å². The highest BCUT2D eigenvalue weighted by molar-refractivity contribution is 7.91. The minimum absolute atomic E-state index is 0.109. The molecule has 7 heteroatoms. The van der Waals surface area contributed by atoms with Crippen molar-refractivity contribution in [2.75, 3.05) is 5.75 Å². The van der Waals surface area contributed by atoms with Crippen molar-refractivity contribution in [1.29, 1.82) is 0 Å². The molecule has 0 heterocycles. The summed E-state index contributed by atoms with van der Waals surface area (Å²) < 4.78 is 23.5. The van der Waals surface area contributed by atoms with E-state index in [9.17, 15) is 13.2 Å². The summed E-state index contributed by atoms with van der Waals surface area (Å²) in [6.07, 6.45) is 1.20. The highest BCUT2D eigenvalue weighted by Crippen LogP contribution is 2.29. The number of rotatable bonds is 4. The smallest absolute Gasteiger partial charge is 0.337 e. The Kier molecular flexibility index (Phi) is 4.19. The lowest BCUT2D eigenvalue weighted by Gasteiger charge is -2.07. The van der Waals surface area contributed by atoms with Crippen LogP contribution in [0.2, 0.25) is 10.0 Å². The molecule has 1 aromatic carbocycles. The topological polar surface area (TPSA) is 71.4 Å². The van der Waals surface area contributed by atoms with Gasteiger partial charge in [0.05, 0.1) is 26.3 Å². The van der Waals surface area contributed by atoms with E-state index in [1.54, 1.807) is 0 Å². The van der Waals surface area contributed by atoms with E-state index in [2.05, 4.69) is 6.58 Å². The number of benzene rings is 1. The first-order valence-electron chi connectivity index (χ1n) is 4.35. The normalized spacial score (nSPS) is 11.2. The number of hydrogen-bond donors (Lipinski definition) is 1. The molecule has 0 amide bonds. The van der Waals surface area contributed by atoms with Crippen molar-refractivity contribution in [2.24, 2.45) is 0 Å². The van der Waals surface area contributed by atoms with Gasteiger partial charge in [-0.05, 0) is 12.1 Å². The van der Waals surface area contributed by atoms with E-state index in [0.29, 0.717) is 0 Å². The lowest BCUT2D eigenvalue weighted by molar-refractivity contribution is 0.0697. The minimum Gasteiger partial charge on any atom is -0.478 e. The number of carboxylic acid groups (broad SMARTS) is 1. The van der Waals surface area contributed by atoms with Crippen molar-refractivity contribution in [3.8, 4) is 0 Å². The van der Waals surface area contributed by atoms with Gasteiger partial charge in [0, 0.05) is 0 Å². The van der Waals surface area contributed by atoms with Gasteiger partial charge in [-0.25, -0.2) is 13.2 Å². The summed E-state index contributed by atoms with van der Waals surface area (Å²) in [6, 6.07) is 2.05. The molecule has 0 aromatic heterocycles. The van der Waals surface area contributed by atoms with Gasteiger partial charge in [-0.3, -0.25) is 0 Å². The van der Waals surface area contributed by atoms with Crippen molar-refractivity contribution < 1.29 is 18.3 Å². The Hall–Kier alpha value is -1.04. The number of sulfone groups is 1. The molecule has 0 fully saturated rings. The molecule has 0 aliphatic carbocycles. The van der Waals surface area contributed by atoms with Crippen LogP contribution in [0.15, 0.2) is 29.7 Å². The molecule has 92 valence electrons. The van der Waals surface area contributed by atoms with Crippen LogP contribution in [0.1, 0.15) is 10.4 Å². The SMILES string of the molecule is C=CCS(=O)(=O)c1cc(C(=O)O)c(Cl)cc1Cl. The second kappa shape index (κ2) is 5.08. The van der Waals surface area contributed by atoms with Gasteiger partial charge in [-0.15, -0.1) is 6.58 Å². The van der Waals surface area contributed by atoms with Crippen molar-refractivity contribution >= 4 is 39.0 Å². The second-order valence-electron chi connectivity index (χ2n) is 3.14. The zero-order chi connectivity index (χ0) is 13.2. The fourth-order valence-electron chi connectivity index (χ4n) is 1.18. The predicted molar refractivity (Wildman–Crippen MR) is 65.7 cm³/mol. The van der Waals surface area contributed by atoms with E-state index in [0.717, 1.165) is 12.1 Å². The van der Waals surface area contributed by atoms with E-state index in [1.807, 2.05) is 0 Å². The van der Waals surface area contributed by atoms with Crippen molar-refractivity contribution in [2.45, 2.75) is 4.90 Å². The first-order chi connectivity index (χ1) is 7.79. The first kappa shape index (κ1) is 14.0. The van der Waals surface area contributed by atoms with Crippen LogP contribution in [0.25, 0.3) is 0 Å². The molecule has 0 unspecified atom stereocenters. The predicted octanol–water partition coefficient (Wildman–Crippen LogP) is 2.65. The number of halogens is 2. The van der Waals surface area contributed by atoms with Crippen LogP contribution in [0.5, 0.6) is 0 Å². The summed E-state index contributed by atoms with van der Waals surface area (Å²) in [5.74, 6) is -1.64. The average molecular weight is 295 g/mol. The monoisotopic (exact) mass is 294 g/mol. The summed E-state index contributed by atoms with van der Waals surface area (Å²) in [6.45, 7) is 3.31. The summed E-state index contributed by atoms with van der Waals surface area (Å²) in [7, 11) is -3.69. The molecule has 17 heavy (non-hydrogen) atoms. The molecule has 1 N–H and O–H groups in total. The maximum absolute atomic E-state index is 11.7. The van der Waals surface area contributed by atoms with Crippen LogP contribution in [0.4, 0.5) is 0 Å². The summed E-state index contributed by atoms with van der Waals surface area (Å²) >= 11 is 11.4. The Balaban J connectivity index is 3.50. The molecule has 0 radical (unpaired) electrons. The van der Waals surface area contributed by atoms with E-state index in [-0.39, 0.29) is 26.3 Å². The van der Waals surface area contributed by atoms with Gasteiger partial charge in [0.25, 0.3) is 0 Å². The van der Waals surface area contributed by atoms with Gasteiger partial charge >= 0.3 is 5.97 Å². The maximum Gasteiger partial charge on any atom is 0.337 e. The molecular formula is C10H8Cl2O4S. The molecule has 1 aromatic rings. The molecule has 1 rings (SSSR count). The fraction of sp³-hybridized carbons (Fsp3) is 0.100. The largest absolute Gasteiger partial charge is 0.478 e. The number of aromatic carboxylic acids is 1. The molecule has 0 saturated heterocycles. The molecule has 0 bridgehead atoms.